The molecular weight excluding hydrogens is 196 g/mol. The van der Waals surface area contributed by atoms with Gasteiger partial charge >= 0.3 is 0 Å². The van der Waals surface area contributed by atoms with Crippen molar-refractivity contribution in [3.63, 3.8) is 0 Å². The molecule has 3 nitrogen and oxygen atoms in total. The van der Waals surface area contributed by atoms with E-state index >= 15 is 0 Å². The Bertz CT molecular complexity index is 121. The average Bonchev–Trinajstić information content (AvgIpc) is 2.19. The van der Waals surface area contributed by atoms with Crippen LogP contribution in [0, 0.1) is 0 Å². The van der Waals surface area contributed by atoms with Crippen LogP contribution >= 0.6 is 0 Å². The van der Waals surface area contributed by atoms with E-state index in [0.717, 1.165) is 38.5 Å². The molecule has 0 aliphatic heterocycles. The monoisotopic (exact) mass is 220 g/mol. The number of rotatable bonds is 9. The van der Waals surface area contributed by atoms with Gasteiger partial charge in [0.05, 0.1) is 0 Å². The summed E-state index contributed by atoms with van der Waals surface area (Å²) in [6.45, 7) is 9.50. The van der Waals surface area contributed by atoms with Gasteiger partial charge in [-0.15, -0.1) is 0 Å². The Balaban J connectivity index is 3.67. The molecule has 0 aliphatic carbocycles. The molecule has 0 fully saturated rings. The van der Waals surface area contributed by atoms with E-state index < -0.39 is 8.32 Å². The number of hydrogen-bond acceptors (Lipinski definition) is 3. The van der Waals surface area contributed by atoms with Gasteiger partial charge in [0, 0.05) is 33.5 Å². The highest BCUT2D eigenvalue weighted by Crippen LogP contribution is 2.16. The van der Waals surface area contributed by atoms with E-state index in [-0.39, 0.29) is 0 Å². The molecule has 0 bridgehead atoms. The molecule has 0 unspecified atom stereocenters. The van der Waals surface area contributed by atoms with Crippen molar-refractivity contribution >= 4 is 8.32 Å². The van der Waals surface area contributed by atoms with Gasteiger partial charge in [0.15, 0.2) is 8.32 Å². The van der Waals surface area contributed by atoms with Crippen LogP contribution in [0.15, 0.2) is 0 Å². The third-order valence-electron chi connectivity index (χ3n) is 2.45. The minimum absolute atomic E-state index is 0.791. The summed E-state index contributed by atoms with van der Waals surface area (Å²) < 4.78 is 16.3. The Morgan fingerprint density at radius 1 is 0.929 bits per heavy atom. The van der Waals surface area contributed by atoms with Crippen molar-refractivity contribution < 1.29 is 13.9 Å². The molecule has 0 radical (unpaired) electrons. The molecule has 0 spiro atoms. The van der Waals surface area contributed by atoms with Gasteiger partial charge in [-0.2, -0.15) is 0 Å². The summed E-state index contributed by atoms with van der Waals surface area (Å²) in [5.74, 6) is 0. The molecule has 86 valence electrons. The van der Waals surface area contributed by atoms with Crippen LogP contribution in [0.1, 0.15) is 13.8 Å². The molecular formula is C10H24O3Si. The van der Waals surface area contributed by atoms with Crippen LogP contribution in [-0.4, -0.2) is 41.9 Å². The summed E-state index contributed by atoms with van der Waals surface area (Å²) >= 11 is 0. The lowest BCUT2D eigenvalue weighted by atomic mass is 10.8. The zero-order chi connectivity index (χ0) is 10.9. The molecule has 0 amide bonds. The third-order valence-corrected chi connectivity index (χ3v) is 5.96. The summed E-state index contributed by atoms with van der Waals surface area (Å²) in [5, 5.41) is 0. The molecule has 0 atom stereocenters. The maximum Gasteiger partial charge on any atom is 0.193 e. The van der Waals surface area contributed by atoms with Gasteiger partial charge in [0.2, 0.25) is 0 Å². The molecule has 0 heterocycles. The standard InChI is InChI=1S/C10H24O3Si/c1-5-12-7-9-14(4,11-3)10-8-13-6-2/h5-10H2,1-4H3. The summed E-state index contributed by atoms with van der Waals surface area (Å²) in [6, 6.07) is 2.12. The van der Waals surface area contributed by atoms with Crippen molar-refractivity contribution in [2.45, 2.75) is 32.5 Å². The van der Waals surface area contributed by atoms with Crippen LogP contribution in [0.2, 0.25) is 18.6 Å². The molecule has 4 heteroatoms. The Labute approximate surface area is 88.9 Å². The predicted molar refractivity (Wildman–Crippen MR) is 61.2 cm³/mol. The van der Waals surface area contributed by atoms with Crippen molar-refractivity contribution in [3.8, 4) is 0 Å². The van der Waals surface area contributed by atoms with E-state index in [1.54, 1.807) is 0 Å². The second kappa shape index (κ2) is 8.41. The lowest BCUT2D eigenvalue weighted by Gasteiger charge is -2.24. The predicted octanol–water partition coefficient (Wildman–Crippen LogP) is 2.28. The SMILES string of the molecule is CCOCC[Si](C)(CCOCC)OC. The normalized spacial score (nSPS) is 12.0. The Morgan fingerprint density at radius 2 is 1.36 bits per heavy atom. The van der Waals surface area contributed by atoms with Crippen LogP contribution in [-0.2, 0) is 13.9 Å². The smallest absolute Gasteiger partial charge is 0.193 e. The Kier molecular flexibility index (Phi) is 8.47. The molecule has 14 heavy (non-hydrogen) atoms. The first-order valence-electron chi connectivity index (χ1n) is 5.39. The van der Waals surface area contributed by atoms with Gasteiger partial charge in [-0.3, -0.25) is 0 Å². The molecule has 0 rings (SSSR count). The van der Waals surface area contributed by atoms with Crippen LogP contribution in [0.3, 0.4) is 0 Å². The topological polar surface area (TPSA) is 27.7 Å². The van der Waals surface area contributed by atoms with Gasteiger partial charge in [0.1, 0.15) is 0 Å². The fourth-order valence-corrected chi connectivity index (χ4v) is 3.00. The second-order valence-electron chi connectivity index (χ2n) is 3.55. The summed E-state index contributed by atoms with van der Waals surface area (Å²) in [7, 11) is 0.262. The van der Waals surface area contributed by atoms with Gasteiger partial charge < -0.3 is 13.9 Å². The summed E-state index contributed by atoms with van der Waals surface area (Å²) in [6.07, 6.45) is 0. The fraction of sp³-hybridized carbons (Fsp3) is 1.00. The third kappa shape index (κ3) is 6.54. The maximum atomic E-state index is 5.61. The highest BCUT2D eigenvalue weighted by molar-refractivity contribution is 6.72. The molecule has 0 aromatic carbocycles. The maximum absolute atomic E-state index is 5.61. The fourth-order valence-electron chi connectivity index (χ4n) is 1.19. The molecule has 0 aromatic rings. The van der Waals surface area contributed by atoms with Crippen molar-refractivity contribution in [2.75, 3.05) is 33.5 Å². The molecule has 0 aromatic heterocycles. The average molecular weight is 220 g/mol. The minimum Gasteiger partial charge on any atom is -0.420 e. The van der Waals surface area contributed by atoms with Crippen molar-refractivity contribution in [3.05, 3.63) is 0 Å². The van der Waals surface area contributed by atoms with Crippen molar-refractivity contribution in [1.82, 2.24) is 0 Å². The lowest BCUT2D eigenvalue weighted by molar-refractivity contribution is 0.149. The first kappa shape index (κ1) is 14.1. The highest BCUT2D eigenvalue weighted by Gasteiger charge is 2.26. The quantitative estimate of drug-likeness (QED) is 0.441. The highest BCUT2D eigenvalue weighted by atomic mass is 28.4. The Morgan fingerprint density at radius 3 is 1.64 bits per heavy atom. The first-order valence-corrected chi connectivity index (χ1v) is 8.21. The van der Waals surface area contributed by atoms with Crippen LogP contribution in [0.4, 0.5) is 0 Å². The van der Waals surface area contributed by atoms with E-state index in [4.69, 9.17) is 13.9 Å². The van der Waals surface area contributed by atoms with Gasteiger partial charge in [0.25, 0.3) is 0 Å². The van der Waals surface area contributed by atoms with Gasteiger partial charge in [-0.05, 0) is 32.5 Å². The van der Waals surface area contributed by atoms with E-state index in [1.165, 1.54) is 0 Å². The first-order chi connectivity index (χ1) is 6.68. The molecule has 0 saturated carbocycles. The molecule has 0 aliphatic rings. The van der Waals surface area contributed by atoms with Crippen LogP contribution in [0.25, 0.3) is 0 Å². The van der Waals surface area contributed by atoms with E-state index in [1.807, 2.05) is 21.0 Å². The van der Waals surface area contributed by atoms with E-state index in [0.29, 0.717) is 0 Å². The number of hydrogen-bond donors (Lipinski definition) is 0. The van der Waals surface area contributed by atoms with Crippen molar-refractivity contribution in [1.29, 1.82) is 0 Å². The largest absolute Gasteiger partial charge is 0.420 e. The number of ether oxygens (including phenoxy) is 2. The van der Waals surface area contributed by atoms with Crippen LogP contribution in [0.5, 0.6) is 0 Å². The van der Waals surface area contributed by atoms with E-state index in [2.05, 4.69) is 6.55 Å². The van der Waals surface area contributed by atoms with Gasteiger partial charge in [-0.1, -0.05) is 0 Å². The summed E-state index contributed by atoms with van der Waals surface area (Å²) in [4.78, 5) is 0. The second-order valence-corrected chi connectivity index (χ2v) is 7.86. The summed E-state index contributed by atoms with van der Waals surface area (Å²) in [5.41, 5.74) is 0. The van der Waals surface area contributed by atoms with E-state index in [9.17, 15) is 0 Å². The lowest BCUT2D eigenvalue weighted by Crippen LogP contribution is -2.35. The Hall–Kier alpha value is 0.0969. The zero-order valence-corrected chi connectivity index (χ0v) is 11.0. The minimum atomic E-state index is -1.55. The molecule has 0 saturated heterocycles. The van der Waals surface area contributed by atoms with Crippen molar-refractivity contribution in [2.24, 2.45) is 0 Å². The molecule has 0 N–H and O–H groups in total. The van der Waals surface area contributed by atoms with Gasteiger partial charge in [-0.25, -0.2) is 0 Å². The zero-order valence-electron chi connectivity index (χ0n) is 9.97. The van der Waals surface area contributed by atoms with Crippen LogP contribution < -0.4 is 0 Å².